The number of likely N-dealkylation sites (tertiary alicyclic amines) is 2. The van der Waals surface area contributed by atoms with Gasteiger partial charge in [-0.2, -0.15) is 0 Å². The number of fused-ring (bicyclic) bond motifs is 15. The second-order valence-electron chi connectivity index (χ2n) is 17.6. The number of nitrogens with two attached hydrogens (primary N) is 1. The largest absolute Gasteiger partial charge is 0.473 e. The van der Waals surface area contributed by atoms with Crippen molar-refractivity contribution in [2.75, 3.05) is 72.4 Å². The molecule has 24 heteroatoms. The van der Waals surface area contributed by atoms with E-state index in [4.69, 9.17) is 34.2 Å². The molecule has 8 amide bonds. The van der Waals surface area contributed by atoms with E-state index < -0.39 is 35.6 Å². The van der Waals surface area contributed by atoms with Crippen LogP contribution in [0.5, 0.6) is 0 Å². The van der Waals surface area contributed by atoms with Gasteiger partial charge in [0, 0.05) is 37.5 Å². The molecule has 74 heavy (non-hydrogen) atoms. The molecule has 12 atom stereocenters. The molecule has 24 nitrogen and oxygen atoms in total. The fraction of sp³-hybridized carbons (Fsp3) is 0.520. The summed E-state index contributed by atoms with van der Waals surface area (Å²) in [7, 11) is 0. The Morgan fingerprint density at radius 2 is 0.743 bits per heavy atom. The number of esters is 2. The van der Waals surface area contributed by atoms with Crippen LogP contribution >= 0.6 is 0 Å². The molecule has 5 N–H and O–H groups in total. The Labute approximate surface area is 425 Å². The Morgan fingerprint density at radius 1 is 0.446 bits per heavy atom. The van der Waals surface area contributed by atoms with E-state index in [2.05, 4.69) is 16.1 Å². The van der Waals surface area contributed by atoms with Gasteiger partial charge in [-0.05, 0) is 18.6 Å². The molecule has 12 unspecified atom stereocenters. The molecule has 6 saturated heterocycles. The van der Waals surface area contributed by atoms with E-state index in [1.165, 1.54) is 34.1 Å². The van der Waals surface area contributed by atoms with Crippen molar-refractivity contribution in [1.29, 1.82) is 0 Å². The number of imide groups is 4. The first kappa shape index (κ1) is 56.7. The zero-order valence-electron chi connectivity index (χ0n) is 39.9. The van der Waals surface area contributed by atoms with Crippen molar-refractivity contribution < 1.29 is 85.5 Å². The zero-order valence-corrected chi connectivity index (χ0v) is 39.9. The molecule has 6 fully saturated rings. The van der Waals surface area contributed by atoms with Crippen LogP contribution in [0.1, 0.15) is 20.8 Å². The number of cyclic esters (lactones) is 2. The van der Waals surface area contributed by atoms with Crippen LogP contribution in [-0.2, 0) is 81.1 Å². The van der Waals surface area contributed by atoms with E-state index in [1.807, 2.05) is 48.6 Å². The quantitative estimate of drug-likeness (QED) is 0.0713. The lowest BCUT2D eigenvalue weighted by atomic mass is 9.85. The third-order valence-corrected chi connectivity index (χ3v) is 13.3. The molecule has 11 aliphatic heterocycles. The van der Waals surface area contributed by atoms with E-state index in [0.717, 1.165) is 22.8 Å². The van der Waals surface area contributed by atoms with E-state index in [1.54, 1.807) is 12.5 Å². The number of ether oxygens (including phenoxy) is 7. The molecule has 1 aromatic rings. The third kappa shape index (κ3) is 11.8. The molecule has 0 saturated carbocycles. The van der Waals surface area contributed by atoms with Crippen molar-refractivity contribution in [3.63, 3.8) is 0 Å². The summed E-state index contributed by atoms with van der Waals surface area (Å²) < 4.78 is 41.4. The number of carbonyl (C=O) groups excluding carboxylic acids is 10. The number of carbonyl (C=O) groups is 10. The second-order valence-corrected chi connectivity index (χ2v) is 17.6. The van der Waals surface area contributed by atoms with Gasteiger partial charge < -0.3 is 49.5 Å². The second kappa shape index (κ2) is 25.5. The predicted octanol–water partition coefficient (Wildman–Crippen LogP) is -0.178. The lowest BCUT2D eigenvalue weighted by Gasteiger charge is -2.19. The molecule has 0 radical (unpaired) electrons. The summed E-state index contributed by atoms with van der Waals surface area (Å²) in [5.41, 5.74) is 5.14. The molecule has 11 aliphatic rings. The maximum Gasteiger partial charge on any atom is 0.320 e. The van der Waals surface area contributed by atoms with Gasteiger partial charge in [-0.1, -0.05) is 50.8 Å². The van der Waals surface area contributed by atoms with Crippen LogP contribution in [-0.4, -0.2) is 188 Å². The summed E-state index contributed by atoms with van der Waals surface area (Å²) in [6.07, 6.45) is 18.6. The lowest BCUT2D eigenvalue weighted by Crippen LogP contribution is -2.38. The first-order valence-corrected chi connectivity index (χ1v) is 23.8. The smallest absolute Gasteiger partial charge is 0.320 e. The molecule has 0 aliphatic carbocycles. The first-order chi connectivity index (χ1) is 34.8. The van der Waals surface area contributed by atoms with Crippen LogP contribution in [0.15, 0.2) is 89.8 Å². The van der Waals surface area contributed by atoms with Crippen molar-refractivity contribution in [3.8, 4) is 0 Å². The summed E-state index contributed by atoms with van der Waals surface area (Å²) in [6, 6.07) is 3.67. The highest BCUT2D eigenvalue weighted by molar-refractivity contribution is 6.13. The molecule has 400 valence electrons. The first-order valence-electron chi connectivity index (χ1n) is 23.8. The van der Waals surface area contributed by atoms with Gasteiger partial charge in [0.25, 0.3) is 23.6 Å². The SMILES string of the molecule is C.CCCOCCN.N.O=C1C2C3C=CC(O3)C2C(=O)N1CCOCCN1C(=O)C2C3C=CC(O3)C2C1=O.O=C1C=CC(=O)N1CCOCCN1C(=O)C=CC1=O.O=C1OC(=O)C2C3C=CC(O3)C12.c1ccoc1. The van der Waals surface area contributed by atoms with Gasteiger partial charge in [0.1, 0.15) is 11.8 Å². The van der Waals surface area contributed by atoms with Crippen molar-refractivity contribution in [3.05, 3.63) is 85.4 Å². The van der Waals surface area contributed by atoms with Gasteiger partial charge in [-0.3, -0.25) is 67.5 Å². The standard InChI is InChI=1S/C20H20N2O7.C12H12N2O5.C8H6O4.C5H13NO.C4H4O.CH4.H3N/c23-17-13-9-1-2-10(28-9)14(13)18(24)21(17)5-7-27-8-6-22-19(25)15-11-3-4-12(29-11)16(15)20(22)26;15-9-1-2-10(16)13(9)5-7-19-8-6-14-11(17)3-4-12(14)18;9-7-5-3-1-2-4(11-3)6(5)8(10)12-7;1-2-4-7-5-3-6;1-2-4-5-3-1;;/h1-4,9-16H,5-8H2;1-4H,5-8H2;1-6H;2-6H2,1H3;1-4H;1H4;1H3. The molecule has 1 aromatic heterocycles. The molecule has 6 bridgehead atoms. The Kier molecular flexibility index (Phi) is 19.6. The Bertz CT molecular complexity index is 2180. The molecule has 12 heterocycles. The number of furan rings is 1. The molecular formula is C50H62N6O18. The monoisotopic (exact) mass is 1030 g/mol. The van der Waals surface area contributed by atoms with Gasteiger partial charge in [0.05, 0.1) is 132 Å². The van der Waals surface area contributed by atoms with E-state index >= 15 is 0 Å². The van der Waals surface area contributed by atoms with Gasteiger partial charge in [-0.15, -0.1) is 0 Å². The Morgan fingerprint density at radius 3 is 1.03 bits per heavy atom. The summed E-state index contributed by atoms with van der Waals surface area (Å²) in [6.45, 7) is 5.58. The predicted molar refractivity (Wildman–Crippen MR) is 253 cm³/mol. The molecular weight excluding hydrogens is 973 g/mol. The van der Waals surface area contributed by atoms with Crippen molar-refractivity contribution in [1.82, 2.24) is 25.8 Å². The van der Waals surface area contributed by atoms with Gasteiger partial charge in [-0.25, -0.2) is 0 Å². The van der Waals surface area contributed by atoms with Crippen LogP contribution in [0.25, 0.3) is 0 Å². The van der Waals surface area contributed by atoms with Crippen LogP contribution in [0, 0.1) is 35.5 Å². The molecule has 0 spiro atoms. The highest BCUT2D eigenvalue weighted by Gasteiger charge is 2.62. The number of hydrogen-bond donors (Lipinski definition) is 2. The fourth-order valence-corrected chi connectivity index (χ4v) is 9.96. The molecule has 12 rings (SSSR count). The maximum absolute atomic E-state index is 12.5. The summed E-state index contributed by atoms with van der Waals surface area (Å²) in [4.78, 5) is 122. The van der Waals surface area contributed by atoms with Crippen LogP contribution in [0.2, 0.25) is 0 Å². The Balaban J connectivity index is 0.000000170. The van der Waals surface area contributed by atoms with Crippen LogP contribution < -0.4 is 11.9 Å². The van der Waals surface area contributed by atoms with Crippen molar-refractivity contribution >= 4 is 59.2 Å². The van der Waals surface area contributed by atoms with E-state index in [-0.39, 0.29) is 162 Å². The average molecular weight is 1040 g/mol. The fourth-order valence-electron chi connectivity index (χ4n) is 9.96. The van der Waals surface area contributed by atoms with Crippen molar-refractivity contribution in [2.24, 2.45) is 41.2 Å². The summed E-state index contributed by atoms with van der Waals surface area (Å²) in [5, 5.41) is 0. The van der Waals surface area contributed by atoms with Gasteiger partial charge >= 0.3 is 11.9 Å². The average Bonchev–Trinajstić information content (AvgIpc) is 4.21. The van der Waals surface area contributed by atoms with Crippen molar-refractivity contribution in [2.45, 2.75) is 57.4 Å². The minimum Gasteiger partial charge on any atom is -0.473 e. The number of rotatable bonds is 16. The lowest BCUT2D eigenvalue weighted by molar-refractivity contribution is -0.157. The van der Waals surface area contributed by atoms with E-state index in [9.17, 15) is 47.9 Å². The third-order valence-electron chi connectivity index (χ3n) is 13.3. The number of nitrogens with zero attached hydrogens (tertiary/aromatic N) is 4. The number of amides is 8. The highest BCUT2D eigenvalue weighted by Crippen LogP contribution is 2.47. The zero-order chi connectivity index (χ0) is 51.1. The maximum atomic E-state index is 12.5. The minimum absolute atomic E-state index is 0. The molecule has 0 aromatic carbocycles. The van der Waals surface area contributed by atoms with Gasteiger partial charge in [0.2, 0.25) is 23.6 Å². The normalized spacial score (nSPS) is 31.0. The Hall–Kier alpha value is -6.64. The van der Waals surface area contributed by atoms with E-state index in [0.29, 0.717) is 13.2 Å². The highest BCUT2D eigenvalue weighted by atomic mass is 16.6. The topological polar surface area (TPSA) is 322 Å². The minimum atomic E-state index is -0.429. The number of hydrogen-bond acceptors (Lipinski definition) is 20. The van der Waals surface area contributed by atoms with Crippen LogP contribution in [0.3, 0.4) is 0 Å². The summed E-state index contributed by atoms with van der Waals surface area (Å²) >= 11 is 0. The van der Waals surface area contributed by atoms with Gasteiger partial charge in [0.15, 0.2) is 0 Å². The van der Waals surface area contributed by atoms with Crippen LogP contribution in [0.4, 0.5) is 0 Å². The summed E-state index contributed by atoms with van der Waals surface area (Å²) in [5.74, 6) is -5.51.